The molecular formula is C11H17ClN2. The van der Waals surface area contributed by atoms with E-state index in [0.717, 1.165) is 12.4 Å². The van der Waals surface area contributed by atoms with Crippen molar-refractivity contribution < 1.29 is 0 Å². The molecule has 1 aromatic rings. The lowest BCUT2D eigenvalue weighted by atomic mass is 9.92. The molecule has 14 heavy (non-hydrogen) atoms. The molecule has 1 atom stereocenters. The van der Waals surface area contributed by atoms with E-state index < -0.39 is 0 Å². The monoisotopic (exact) mass is 212 g/mol. The highest BCUT2D eigenvalue weighted by molar-refractivity contribution is 6.21. The van der Waals surface area contributed by atoms with Gasteiger partial charge < -0.3 is 5.32 Å². The second-order valence-corrected chi connectivity index (χ2v) is 4.96. The zero-order valence-electron chi connectivity index (χ0n) is 8.92. The van der Waals surface area contributed by atoms with Gasteiger partial charge in [0, 0.05) is 12.7 Å². The van der Waals surface area contributed by atoms with E-state index in [9.17, 15) is 0 Å². The van der Waals surface area contributed by atoms with Crippen LogP contribution in [0.15, 0.2) is 24.4 Å². The number of pyridine rings is 1. The van der Waals surface area contributed by atoms with Gasteiger partial charge in [-0.05, 0) is 17.5 Å². The molecule has 0 saturated carbocycles. The lowest BCUT2D eigenvalue weighted by Crippen LogP contribution is -2.28. The molecule has 0 aliphatic carbocycles. The van der Waals surface area contributed by atoms with Gasteiger partial charge in [0.2, 0.25) is 0 Å². The third-order valence-corrected chi connectivity index (χ3v) is 2.88. The Kier molecular flexibility index (Phi) is 3.76. The van der Waals surface area contributed by atoms with Crippen LogP contribution in [0.5, 0.6) is 0 Å². The summed E-state index contributed by atoms with van der Waals surface area (Å²) >= 11 is 6.22. The van der Waals surface area contributed by atoms with Gasteiger partial charge >= 0.3 is 0 Å². The van der Waals surface area contributed by atoms with Gasteiger partial charge in [0.1, 0.15) is 5.82 Å². The molecule has 2 nitrogen and oxygen atoms in total. The van der Waals surface area contributed by atoms with Crippen LogP contribution in [0.3, 0.4) is 0 Å². The first-order chi connectivity index (χ1) is 6.50. The standard InChI is InChI=1S/C11H17ClN2/c1-11(2,3)9(12)8-14-10-6-4-5-7-13-10/h4-7,9H,8H2,1-3H3,(H,13,14). The molecule has 78 valence electrons. The molecule has 0 bridgehead atoms. The van der Waals surface area contributed by atoms with E-state index in [2.05, 4.69) is 31.1 Å². The minimum absolute atomic E-state index is 0.101. The molecule has 0 spiro atoms. The van der Waals surface area contributed by atoms with Gasteiger partial charge in [0.25, 0.3) is 0 Å². The van der Waals surface area contributed by atoms with Crippen LogP contribution >= 0.6 is 11.6 Å². The molecule has 0 aliphatic rings. The van der Waals surface area contributed by atoms with E-state index in [-0.39, 0.29) is 10.8 Å². The molecule has 0 radical (unpaired) electrons. The summed E-state index contributed by atoms with van der Waals surface area (Å²) in [5, 5.41) is 3.31. The molecule has 0 amide bonds. The molecule has 1 rings (SSSR count). The summed E-state index contributed by atoms with van der Waals surface area (Å²) in [4.78, 5) is 4.16. The number of anilines is 1. The van der Waals surface area contributed by atoms with E-state index in [1.54, 1.807) is 6.20 Å². The maximum Gasteiger partial charge on any atom is 0.125 e. The number of nitrogens with zero attached hydrogens (tertiary/aromatic N) is 1. The van der Waals surface area contributed by atoms with Gasteiger partial charge in [0.05, 0.1) is 5.38 Å². The van der Waals surface area contributed by atoms with Crippen LogP contribution in [-0.2, 0) is 0 Å². The van der Waals surface area contributed by atoms with Crippen LogP contribution < -0.4 is 5.32 Å². The predicted octanol–water partition coefficient (Wildman–Crippen LogP) is 3.15. The van der Waals surface area contributed by atoms with E-state index >= 15 is 0 Å². The molecule has 1 aromatic heterocycles. The number of hydrogen-bond donors (Lipinski definition) is 1. The number of hydrogen-bond acceptors (Lipinski definition) is 2. The fourth-order valence-electron chi connectivity index (χ4n) is 0.968. The summed E-state index contributed by atoms with van der Waals surface area (Å²) in [5.41, 5.74) is 0.114. The largest absolute Gasteiger partial charge is 0.369 e. The molecule has 3 heteroatoms. The average Bonchev–Trinajstić information content (AvgIpc) is 2.14. The zero-order chi connectivity index (χ0) is 10.6. The predicted molar refractivity (Wildman–Crippen MR) is 61.8 cm³/mol. The van der Waals surface area contributed by atoms with Crippen LogP contribution in [0.4, 0.5) is 5.82 Å². The van der Waals surface area contributed by atoms with Gasteiger partial charge in [-0.25, -0.2) is 4.98 Å². The Hall–Kier alpha value is -0.760. The van der Waals surface area contributed by atoms with Gasteiger partial charge in [-0.3, -0.25) is 0 Å². The minimum atomic E-state index is 0.101. The van der Waals surface area contributed by atoms with Crippen LogP contribution in [0.25, 0.3) is 0 Å². The zero-order valence-corrected chi connectivity index (χ0v) is 9.67. The third-order valence-electron chi connectivity index (χ3n) is 2.07. The Bertz CT molecular complexity index is 266. The van der Waals surface area contributed by atoms with Crippen molar-refractivity contribution in [3.8, 4) is 0 Å². The first-order valence-corrected chi connectivity index (χ1v) is 5.23. The summed E-state index contributed by atoms with van der Waals surface area (Å²) in [7, 11) is 0. The van der Waals surface area contributed by atoms with Crippen molar-refractivity contribution in [1.82, 2.24) is 4.98 Å². The Balaban J connectivity index is 2.42. The van der Waals surface area contributed by atoms with Gasteiger partial charge in [-0.1, -0.05) is 26.8 Å². The third kappa shape index (κ3) is 3.54. The van der Waals surface area contributed by atoms with Crippen LogP contribution in [-0.4, -0.2) is 16.9 Å². The number of nitrogens with one attached hydrogen (secondary N) is 1. The number of halogens is 1. The van der Waals surface area contributed by atoms with E-state index in [0.29, 0.717) is 0 Å². The lowest BCUT2D eigenvalue weighted by Gasteiger charge is -2.25. The van der Waals surface area contributed by atoms with Crippen LogP contribution in [0.2, 0.25) is 0 Å². The second-order valence-electron chi connectivity index (χ2n) is 4.43. The van der Waals surface area contributed by atoms with Crippen LogP contribution in [0, 0.1) is 5.41 Å². The Morgan fingerprint density at radius 1 is 1.43 bits per heavy atom. The Morgan fingerprint density at radius 2 is 2.14 bits per heavy atom. The first-order valence-electron chi connectivity index (χ1n) is 4.79. The van der Waals surface area contributed by atoms with Crippen molar-refractivity contribution in [3.63, 3.8) is 0 Å². The summed E-state index contributed by atoms with van der Waals surface area (Å²) < 4.78 is 0. The van der Waals surface area contributed by atoms with E-state index in [1.807, 2.05) is 18.2 Å². The van der Waals surface area contributed by atoms with E-state index in [4.69, 9.17) is 11.6 Å². The summed E-state index contributed by atoms with van der Waals surface area (Å²) in [6.07, 6.45) is 1.77. The molecule has 0 fully saturated rings. The number of aromatic nitrogens is 1. The molecule has 0 aromatic carbocycles. The molecular weight excluding hydrogens is 196 g/mol. The highest BCUT2D eigenvalue weighted by atomic mass is 35.5. The normalized spacial score (nSPS) is 13.7. The topological polar surface area (TPSA) is 24.9 Å². The first kappa shape index (κ1) is 11.3. The van der Waals surface area contributed by atoms with Crippen molar-refractivity contribution in [1.29, 1.82) is 0 Å². The molecule has 0 saturated heterocycles. The molecule has 1 heterocycles. The summed E-state index contributed by atoms with van der Waals surface area (Å²) in [5.74, 6) is 0.877. The SMILES string of the molecule is CC(C)(C)C(Cl)CNc1ccccn1. The Morgan fingerprint density at radius 3 is 2.64 bits per heavy atom. The maximum atomic E-state index is 6.22. The van der Waals surface area contributed by atoms with Crippen molar-refractivity contribution in [2.45, 2.75) is 26.1 Å². The smallest absolute Gasteiger partial charge is 0.125 e. The summed E-state index contributed by atoms with van der Waals surface area (Å²) in [6.45, 7) is 7.13. The fraction of sp³-hybridized carbons (Fsp3) is 0.545. The van der Waals surface area contributed by atoms with Crippen molar-refractivity contribution >= 4 is 17.4 Å². The average molecular weight is 213 g/mol. The van der Waals surface area contributed by atoms with Gasteiger partial charge in [-0.2, -0.15) is 0 Å². The van der Waals surface area contributed by atoms with Crippen molar-refractivity contribution in [2.24, 2.45) is 5.41 Å². The number of rotatable bonds is 3. The highest BCUT2D eigenvalue weighted by Gasteiger charge is 2.21. The highest BCUT2D eigenvalue weighted by Crippen LogP contribution is 2.24. The quantitative estimate of drug-likeness (QED) is 0.779. The lowest BCUT2D eigenvalue weighted by molar-refractivity contribution is 0.397. The minimum Gasteiger partial charge on any atom is -0.369 e. The van der Waals surface area contributed by atoms with E-state index in [1.165, 1.54) is 0 Å². The fourth-order valence-corrected chi connectivity index (χ4v) is 1.04. The van der Waals surface area contributed by atoms with Gasteiger partial charge in [-0.15, -0.1) is 11.6 Å². The Labute approximate surface area is 90.7 Å². The summed E-state index contributed by atoms with van der Waals surface area (Å²) in [6, 6.07) is 5.79. The van der Waals surface area contributed by atoms with Crippen LogP contribution in [0.1, 0.15) is 20.8 Å². The van der Waals surface area contributed by atoms with Crippen molar-refractivity contribution in [2.75, 3.05) is 11.9 Å². The maximum absolute atomic E-state index is 6.22. The molecule has 1 N–H and O–H groups in total. The molecule has 1 unspecified atom stereocenters. The number of alkyl halides is 1. The van der Waals surface area contributed by atoms with Crippen molar-refractivity contribution in [3.05, 3.63) is 24.4 Å². The second kappa shape index (κ2) is 4.65. The molecule has 0 aliphatic heterocycles. The van der Waals surface area contributed by atoms with Gasteiger partial charge in [0.15, 0.2) is 0 Å².